The van der Waals surface area contributed by atoms with Crippen LogP contribution in [0.2, 0.25) is 0 Å². The summed E-state index contributed by atoms with van der Waals surface area (Å²) in [7, 11) is 1.58. The molecule has 5 aromatic rings. The number of amides is 2. The summed E-state index contributed by atoms with van der Waals surface area (Å²) in [6, 6.07) is 19.0. The summed E-state index contributed by atoms with van der Waals surface area (Å²) in [5, 5.41) is 22.9. The van der Waals surface area contributed by atoms with Gasteiger partial charge in [-0.1, -0.05) is 29.5 Å². The van der Waals surface area contributed by atoms with E-state index in [1.807, 2.05) is 43.3 Å². The maximum atomic E-state index is 14.4. The molecule has 1 N–H and O–H groups in total. The number of carbonyl (C=O) groups excluding carboxylic acids is 2. The molecule has 220 valence electrons. The van der Waals surface area contributed by atoms with E-state index in [4.69, 9.17) is 9.47 Å². The van der Waals surface area contributed by atoms with Crippen LogP contribution in [0.5, 0.6) is 5.75 Å². The first-order valence-corrected chi connectivity index (χ1v) is 14.0. The molecule has 0 unspecified atom stereocenters. The number of para-hydroxylation sites is 1. The van der Waals surface area contributed by atoms with E-state index in [-0.39, 0.29) is 24.5 Å². The summed E-state index contributed by atoms with van der Waals surface area (Å²) < 4.78 is 14.2. The normalized spacial score (nSPS) is 15.3. The van der Waals surface area contributed by atoms with Gasteiger partial charge in [0, 0.05) is 18.8 Å². The molecular formula is C30H31N9O4. The largest absolute Gasteiger partial charge is 0.497 e. The predicted octanol–water partition coefficient (Wildman–Crippen LogP) is 2.79. The van der Waals surface area contributed by atoms with Crippen molar-refractivity contribution in [3.8, 4) is 11.4 Å². The number of hydrogen-bond acceptors (Lipinski definition) is 9. The molecule has 0 radical (unpaired) electrons. The molecule has 0 aliphatic carbocycles. The van der Waals surface area contributed by atoms with Crippen molar-refractivity contribution in [3.05, 3.63) is 84.2 Å². The highest BCUT2D eigenvalue weighted by Crippen LogP contribution is 2.32. The molecule has 0 saturated carbocycles. The highest BCUT2D eigenvalue weighted by Gasteiger charge is 2.34. The summed E-state index contributed by atoms with van der Waals surface area (Å²) >= 11 is 0. The van der Waals surface area contributed by atoms with Gasteiger partial charge in [-0.3, -0.25) is 14.5 Å². The van der Waals surface area contributed by atoms with Crippen molar-refractivity contribution >= 4 is 28.5 Å². The topological polar surface area (TPSA) is 142 Å². The Morgan fingerprint density at radius 2 is 1.95 bits per heavy atom. The number of aryl methyl sites for hydroxylation is 1. The van der Waals surface area contributed by atoms with Crippen LogP contribution in [0.15, 0.2) is 73.1 Å². The number of methoxy groups -OCH3 is 1. The molecule has 2 amide bonds. The highest BCUT2D eigenvalue weighted by atomic mass is 16.5. The van der Waals surface area contributed by atoms with E-state index in [2.05, 4.69) is 31.2 Å². The average molecular weight is 582 g/mol. The first-order valence-electron chi connectivity index (χ1n) is 14.0. The van der Waals surface area contributed by atoms with Gasteiger partial charge in [-0.25, -0.2) is 9.36 Å². The van der Waals surface area contributed by atoms with Gasteiger partial charge in [0.05, 0.1) is 24.4 Å². The number of aromatic nitrogens is 7. The van der Waals surface area contributed by atoms with E-state index < -0.39 is 6.04 Å². The molecule has 43 heavy (non-hydrogen) atoms. The molecule has 6 rings (SSSR count). The smallest absolute Gasteiger partial charge is 0.249 e. The van der Waals surface area contributed by atoms with E-state index in [9.17, 15) is 9.59 Å². The van der Waals surface area contributed by atoms with Crippen LogP contribution in [-0.4, -0.2) is 73.4 Å². The second-order valence-electron chi connectivity index (χ2n) is 10.3. The molecular weight excluding hydrogens is 550 g/mol. The van der Waals surface area contributed by atoms with Crippen molar-refractivity contribution in [1.29, 1.82) is 0 Å². The number of rotatable bonds is 10. The fourth-order valence-corrected chi connectivity index (χ4v) is 5.31. The Morgan fingerprint density at radius 1 is 1.12 bits per heavy atom. The molecule has 1 fully saturated rings. The number of hydrogen-bond donors (Lipinski definition) is 1. The third kappa shape index (κ3) is 5.93. The minimum atomic E-state index is -1.01. The number of nitrogens with zero attached hydrogens (tertiary/aromatic N) is 8. The van der Waals surface area contributed by atoms with Crippen molar-refractivity contribution in [2.75, 3.05) is 25.2 Å². The minimum absolute atomic E-state index is 0.0658. The van der Waals surface area contributed by atoms with Gasteiger partial charge in [0.15, 0.2) is 0 Å². The zero-order valence-corrected chi connectivity index (χ0v) is 23.8. The van der Waals surface area contributed by atoms with Gasteiger partial charge in [-0.15, -0.1) is 10.2 Å². The van der Waals surface area contributed by atoms with E-state index in [1.165, 1.54) is 11.2 Å². The number of ether oxygens (including phenoxy) is 2. The van der Waals surface area contributed by atoms with E-state index in [0.29, 0.717) is 41.2 Å². The van der Waals surface area contributed by atoms with Crippen LogP contribution in [0, 0.1) is 6.92 Å². The van der Waals surface area contributed by atoms with Crippen LogP contribution in [0.3, 0.4) is 0 Å². The average Bonchev–Trinajstić information content (AvgIpc) is 3.82. The second-order valence-corrected chi connectivity index (χ2v) is 10.3. The number of carbonyl (C=O) groups is 2. The fraction of sp³-hybridized carbons (Fsp3) is 0.300. The molecule has 3 aromatic carbocycles. The van der Waals surface area contributed by atoms with Gasteiger partial charge < -0.3 is 14.8 Å². The van der Waals surface area contributed by atoms with Crippen molar-refractivity contribution in [3.63, 3.8) is 0 Å². The molecule has 1 aliphatic heterocycles. The summed E-state index contributed by atoms with van der Waals surface area (Å²) in [4.78, 5) is 29.9. The number of benzene rings is 3. The highest BCUT2D eigenvalue weighted by molar-refractivity contribution is 6.01. The van der Waals surface area contributed by atoms with Gasteiger partial charge >= 0.3 is 0 Å². The predicted molar refractivity (Wildman–Crippen MR) is 157 cm³/mol. The molecule has 13 heteroatoms. The van der Waals surface area contributed by atoms with E-state index >= 15 is 0 Å². The standard InChI is InChI=1S/C30H31N9O4/c1-20-16-22(11-14-26(20)38-19-32-34-36-38)39(28(40)18-37-27-8-4-3-7-25(27)33-35-37)29(21-9-12-23(42-2)13-10-21)30(41)31-17-24-6-5-15-43-24/h3-4,7-14,16,19,24,29H,5-6,15,17-18H2,1-2H3,(H,31,41)/t24-,29+/m0/s1. The van der Waals surface area contributed by atoms with E-state index in [1.54, 1.807) is 46.8 Å². The first kappa shape index (κ1) is 28.0. The Hall–Kier alpha value is -5.17. The lowest BCUT2D eigenvalue weighted by molar-refractivity contribution is -0.127. The van der Waals surface area contributed by atoms with Crippen molar-refractivity contribution in [2.24, 2.45) is 0 Å². The summed E-state index contributed by atoms with van der Waals surface area (Å²) in [5.74, 6) is -0.0474. The van der Waals surface area contributed by atoms with Crippen LogP contribution < -0.4 is 15.0 Å². The van der Waals surface area contributed by atoms with Gasteiger partial charge in [-0.2, -0.15) is 0 Å². The Balaban J connectivity index is 1.42. The quantitative estimate of drug-likeness (QED) is 0.263. The summed E-state index contributed by atoms with van der Waals surface area (Å²) in [6.07, 6.45) is 3.25. The molecule has 2 atom stereocenters. The van der Waals surface area contributed by atoms with Crippen molar-refractivity contribution in [2.45, 2.75) is 38.5 Å². The zero-order valence-electron chi connectivity index (χ0n) is 23.8. The third-order valence-electron chi connectivity index (χ3n) is 7.49. The SMILES string of the molecule is COc1ccc([C@H](C(=O)NC[C@@H]2CCCO2)N(C(=O)Cn2nnc3ccccc32)c2ccc(-n3cnnn3)c(C)c2)cc1. The van der Waals surface area contributed by atoms with Gasteiger partial charge in [0.2, 0.25) is 11.8 Å². The Labute approximate surface area is 247 Å². The van der Waals surface area contributed by atoms with E-state index in [0.717, 1.165) is 24.1 Å². The molecule has 0 bridgehead atoms. The fourth-order valence-electron chi connectivity index (χ4n) is 5.31. The Bertz CT molecular complexity index is 1710. The van der Waals surface area contributed by atoms with Crippen molar-refractivity contribution < 1.29 is 19.1 Å². The van der Waals surface area contributed by atoms with Gasteiger partial charge in [0.25, 0.3) is 0 Å². The lowest BCUT2D eigenvalue weighted by Gasteiger charge is -2.32. The molecule has 13 nitrogen and oxygen atoms in total. The lowest BCUT2D eigenvalue weighted by atomic mass is 10.0. The summed E-state index contributed by atoms with van der Waals surface area (Å²) in [6.45, 7) is 2.78. The second kappa shape index (κ2) is 12.4. The van der Waals surface area contributed by atoms with Crippen LogP contribution in [0.1, 0.15) is 30.0 Å². The molecule has 2 aromatic heterocycles. The van der Waals surface area contributed by atoms with Gasteiger partial charge in [-0.05, 0) is 83.8 Å². The molecule has 3 heterocycles. The zero-order chi connectivity index (χ0) is 29.8. The molecule has 1 aliphatic rings. The number of nitrogens with one attached hydrogen (secondary N) is 1. The number of fused-ring (bicyclic) bond motifs is 1. The monoisotopic (exact) mass is 581 g/mol. The Morgan fingerprint density at radius 3 is 2.67 bits per heavy atom. The molecule has 0 spiro atoms. The Kier molecular flexibility index (Phi) is 8.05. The van der Waals surface area contributed by atoms with Crippen LogP contribution in [-0.2, 0) is 20.9 Å². The van der Waals surface area contributed by atoms with Gasteiger partial charge in [0.1, 0.15) is 30.2 Å². The third-order valence-corrected chi connectivity index (χ3v) is 7.49. The van der Waals surface area contributed by atoms with Crippen LogP contribution >= 0.6 is 0 Å². The van der Waals surface area contributed by atoms with Crippen LogP contribution in [0.4, 0.5) is 5.69 Å². The first-order chi connectivity index (χ1) is 21.0. The van der Waals surface area contributed by atoms with Crippen LogP contribution in [0.25, 0.3) is 16.7 Å². The number of anilines is 1. The maximum Gasteiger partial charge on any atom is 0.249 e. The lowest BCUT2D eigenvalue weighted by Crippen LogP contribution is -2.46. The van der Waals surface area contributed by atoms with Crippen molar-refractivity contribution in [1.82, 2.24) is 40.5 Å². The maximum absolute atomic E-state index is 14.4. The number of tetrazole rings is 1. The molecule has 1 saturated heterocycles. The summed E-state index contributed by atoms with van der Waals surface area (Å²) in [5.41, 5.74) is 4.07. The minimum Gasteiger partial charge on any atom is -0.497 e.